The number of hydrogen-bond donors (Lipinski definition) is 0. The molecular formula is C40H38N4O4. The zero-order valence-corrected chi connectivity index (χ0v) is 28.0. The number of aryl methyl sites for hydroxylation is 3. The van der Waals surface area contributed by atoms with E-state index in [-0.39, 0.29) is 12.9 Å². The van der Waals surface area contributed by atoms with Gasteiger partial charge in [-0.3, -0.25) is 4.57 Å². The molecule has 8 nitrogen and oxygen atoms in total. The van der Waals surface area contributed by atoms with Crippen LogP contribution < -0.4 is 14.2 Å². The molecule has 3 aromatic heterocycles. The summed E-state index contributed by atoms with van der Waals surface area (Å²) in [5.41, 5.74) is 7.84. The fourth-order valence-electron chi connectivity index (χ4n) is 5.98. The van der Waals surface area contributed by atoms with Crippen LogP contribution >= 0.6 is 0 Å². The fraction of sp³-hybridized carbons (Fsp3) is 0.200. The van der Waals surface area contributed by atoms with Gasteiger partial charge in [0, 0.05) is 29.1 Å². The van der Waals surface area contributed by atoms with Crippen molar-refractivity contribution in [2.24, 2.45) is 0 Å². The largest absolute Gasteiger partial charge is 0.479 e. The van der Waals surface area contributed by atoms with Crippen molar-refractivity contribution in [2.45, 2.75) is 40.7 Å². The minimum Gasteiger partial charge on any atom is -0.479 e. The Morgan fingerprint density at radius 2 is 1.52 bits per heavy atom. The highest BCUT2D eigenvalue weighted by atomic mass is 16.7. The van der Waals surface area contributed by atoms with Gasteiger partial charge in [-0.2, -0.15) is 4.68 Å². The topological polar surface area (TPSA) is 72.6 Å². The van der Waals surface area contributed by atoms with E-state index in [2.05, 4.69) is 73.0 Å². The quantitative estimate of drug-likeness (QED) is 0.139. The van der Waals surface area contributed by atoms with Crippen molar-refractivity contribution in [3.63, 3.8) is 0 Å². The van der Waals surface area contributed by atoms with Crippen LogP contribution in [0, 0.1) is 20.8 Å². The predicted molar refractivity (Wildman–Crippen MR) is 190 cm³/mol. The van der Waals surface area contributed by atoms with Gasteiger partial charge < -0.3 is 18.9 Å². The first-order valence-corrected chi connectivity index (χ1v) is 16.0. The summed E-state index contributed by atoms with van der Waals surface area (Å²) in [4.78, 5) is 4.72. The number of rotatable bonds is 10. The third kappa shape index (κ3) is 5.98. The molecule has 0 fully saturated rings. The van der Waals surface area contributed by atoms with Crippen LogP contribution in [-0.4, -0.2) is 39.3 Å². The van der Waals surface area contributed by atoms with Gasteiger partial charge in [0.25, 0.3) is 0 Å². The fourth-order valence-corrected chi connectivity index (χ4v) is 5.98. The lowest BCUT2D eigenvalue weighted by Gasteiger charge is -2.15. The lowest BCUT2D eigenvalue weighted by Crippen LogP contribution is -2.12. The Morgan fingerprint density at radius 1 is 0.729 bits per heavy atom. The molecule has 0 aliphatic carbocycles. The van der Waals surface area contributed by atoms with Gasteiger partial charge in [0.05, 0.1) is 29.9 Å². The average molecular weight is 639 g/mol. The number of aromatic nitrogens is 4. The van der Waals surface area contributed by atoms with Crippen LogP contribution in [0.5, 0.6) is 23.3 Å². The summed E-state index contributed by atoms with van der Waals surface area (Å²) in [6, 6.07) is 32.9. The van der Waals surface area contributed by atoms with E-state index in [1.165, 1.54) is 0 Å². The Kier molecular flexibility index (Phi) is 8.33. The third-order valence-corrected chi connectivity index (χ3v) is 8.23. The standard InChI is InChI=1S/C40H38N4O4/c1-25(2)46-24-47-40-38(29-13-11-26(3)12-14-29)39(45-6)42-44(40)30-19-28(5)20-32(22-30)48-31-15-16-34-33-9-7-8-10-35(33)43(36(34)23-31)37-21-27(4)17-18-41-37/h7-23,25H,24H2,1-6H3. The Labute approximate surface area is 280 Å². The number of para-hydroxylation sites is 1. The molecular weight excluding hydrogens is 600 g/mol. The number of fused-ring (bicyclic) bond motifs is 3. The first-order valence-electron chi connectivity index (χ1n) is 16.0. The lowest BCUT2D eigenvalue weighted by atomic mass is 10.1. The Bertz CT molecular complexity index is 2250. The van der Waals surface area contributed by atoms with Crippen molar-refractivity contribution in [1.29, 1.82) is 0 Å². The first-order chi connectivity index (χ1) is 23.3. The molecule has 0 aliphatic heterocycles. The summed E-state index contributed by atoms with van der Waals surface area (Å²) < 4.78 is 28.4. The molecule has 8 heteroatoms. The maximum atomic E-state index is 6.58. The van der Waals surface area contributed by atoms with Crippen molar-refractivity contribution in [2.75, 3.05) is 13.9 Å². The number of pyridine rings is 1. The summed E-state index contributed by atoms with van der Waals surface area (Å²) >= 11 is 0. The van der Waals surface area contributed by atoms with Crippen LogP contribution in [0.3, 0.4) is 0 Å². The zero-order valence-electron chi connectivity index (χ0n) is 28.0. The molecule has 0 N–H and O–H groups in total. The van der Waals surface area contributed by atoms with Gasteiger partial charge in [-0.15, -0.1) is 5.10 Å². The molecule has 0 radical (unpaired) electrons. The van der Waals surface area contributed by atoms with Gasteiger partial charge in [-0.1, -0.05) is 48.0 Å². The Hall–Kier alpha value is -5.60. The van der Waals surface area contributed by atoms with Crippen LogP contribution in [0.1, 0.15) is 30.5 Å². The molecule has 4 aromatic carbocycles. The Morgan fingerprint density at radius 3 is 2.29 bits per heavy atom. The Balaban J connectivity index is 1.31. The highest BCUT2D eigenvalue weighted by molar-refractivity contribution is 6.09. The maximum Gasteiger partial charge on any atom is 0.245 e. The van der Waals surface area contributed by atoms with E-state index in [0.29, 0.717) is 23.3 Å². The zero-order chi connectivity index (χ0) is 33.4. The van der Waals surface area contributed by atoms with E-state index >= 15 is 0 Å². The molecule has 242 valence electrons. The van der Waals surface area contributed by atoms with E-state index in [1.807, 2.05) is 69.4 Å². The number of hydrogen-bond acceptors (Lipinski definition) is 6. The van der Waals surface area contributed by atoms with Crippen LogP contribution in [0.25, 0.3) is 44.4 Å². The summed E-state index contributed by atoms with van der Waals surface area (Å²) in [6.07, 6.45) is 1.85. The van der Waals surface area contributed by atoms with Crippen molar-refractivity contribution in [3.8, 4) is 45.9 Å². The van der Waals surface area contributed by atoms with Crippen LogP contribution in [-0.2, 0) is 4.74 Å². The molecule has 0 unspecified atom stereocenters. The van der Waals surface area contributed by atoms with Gasteiger partial charge in [0.1, 0.15) is 22.9 Å². The van der Waals surface area contributed by atoms with Gasteiger partial charge >= 0.3 is 0 Å². The van der Waals surface area contributed by atoms with Gasteiger partial charge in [0.15, 0.2) is 6.79 Å². The molecule has 0 spiro atoms. The monoisotopic (exact) mass is 638 g/mol. The normalized spacial score (nSPS) is 11.5. The van der Waals surface area contributed by atoms with Crippen LogP contribution in [0.2, 0.25) is 0 Å². The van der Waals surface area contributed by atoms with E-state index in [0.717, 1.165) is 61.1 Å². The molecule has 0 atom stereocenters. The minimum absolute atomic E-state index is 0.00259. The van der Waals surface area contributed by atoms with Crippen molar-refractivity contribution < 1.29 is 18.9 Å². The summed E-state index contributed by atoms with van der Waals surface area (Å²) in [5.74, 6) is 3.20. The lowest BCUT2D eigenvalue weighted by molar-refractivity contribution is -0.0229. The molecule has 3 heterocycles. The maximum absolute atomic E-state index is 6.58. The highest BCUT2D eigenvalue weighted by Gasteiger charge is 2.24. The first kappa shape index (κ1) is 31.0. The minimum atomic E-state index is 0.00259. The smallest absolute Gasteiger partial charge is 0.245 e. The molecule has 0 amide bonds. The van der Waals surface area contributed by atoms with Gasteiger partial charge in [0.2, 0.25) is 11.8 Å². The SMILES string of the molecule is COc1nn(-c2cc(C)cc(Oc3ccc4c5ccccc5n(-c5cc(C)ccn5)c4c3)c2)c(OCOC(C)C)c1-c1ccc(C)cc1. The average Bonchev–Trinajstić information content (AvgIpc) is 3.60. The summed E-state index contributed by atoms with van der Waals surface area (Å²) in [6.45, 7) is 10.2. The van der Waals surface area contributed by atoms with Crippen LogP contribution in [0.4, 0.5) is 0 Å². The third-order valence-electron chi connectivity index (χ3n) is 8.23. The van der Waals surface area contributed by atoms with E-state index in [1.54, 1.807) is 11.8 Å². The molecule has 0 aliphatic rings. The number of nitrogens with zero attached hydrogens (tertiary/aromatic N) is 4. The summed E-state index contributed by atoms with van der Waals surface area (Å²) in [7, 11) is 1.62. The second kappa shape index (κ2) is 12.9. The molecule has 0 saturated heterocycles. The van der Waals surface area contributed by atoms with Crippen LogP contribution in [0.15, 0.2) is 103 Å². The molecule has 48 heavy (non-hydrogen) atoms. The van der Waals surface area contributed by atoms with E-state index < -0.39 is 0 Å². The number of methoxy groups -OCH3 is 1. The predicted octanol–water partition coefficient (Wildman–Crippen LogP) is 9.52. The molecule has 7 rings (SSSR count). The second-order valence-electron chi connectivity index (χ2n) is 12.3. The molecule has 0 bridgehead atoms. The van der Waals surface area contributed by atoms with Crippen molar-refractivity contribution >= 4 is 21.8 Å². The molecule has 7 aromatic rings. The second-order valence-corrected chi connectivity index (χ2v) is 12.3. The van der Waals surface area contributed by atoms with Gasteiger partial charge in [-0.25, -0.2) is 4.98 Å². The number of benzene rings is 4. The number of ether oxygens (including phenoxy) is 4. The van der Waals surface area contributed by atoms with E-state index in [4.69, 9.17) is 29.0 Å². The van der Waals surface area contributed by atoms with E-state index in [9.17, 15) is 0 Å². The van der Waals surface area contributed by atoms with Crippen molar-refractivity contribution in [1.82, 2.24) is 19.3 Å². The van der Waals surface area contributed by atoms with Gasteiger partial charge in [-0.05, 0) is 93.8 Å². The molecule has 0 saturated carbocycles. The van der Waals surface area contributed by atoms with Crippen molar-refractivity contribution in [3.05, 3.63) is 120 Å². The summed E-state index contributed by atoms with van der Waals surface area (Å²) in [5, 5.41) is 7.14. The highest BCUT2D eigenvalue weighted by Crippen LogP contribution is 2.41.